The molecule has 9 nitrogen and oxygen atoms in total. The summed E-state index contributed by atoms with van der Waals surface area (Å²) >= 11 is 0. The molecule has 2 aliphatic carbocycles. The van der Waals surface area contributed by atoms with Crippen LogP contribution >= 0.6 is 13.5 Å². The fraction of sp³-hybridized carbons (Fsp3) is 0.409. The van der Waals surface area contributed by atoms with Crippen LogP contribution in [0, 0.1) is 6.57 Å². The Hall–Kier alpha value is -3.67. The zero-order valence-corrected chi connectivity index (χ0v) is 20.0. The highest BCUT2D eigenvalue weighted by Gasteiger charge is 2.54. The van der Waals surface area contributed by atoms with Gasteiger partial charge in [-0.3, -0.25) is 9.97 Å². The molecule has 0 bridgehead atoms. The van der Waals surface area contributed by atoms with Gasteiger partial charge in [0.1, 0.15) is 11.4 Å². The van der Waals surface area contributed by atoms with E-state index in [2.05, 4.69) is 45.4 Å². The maximum absolute atomic E-state index is 13.7. The molecule has 2 saturated carbocycles. The second-order valence-corrected chi connectivity index (χ2v) is 8.73. The number of hydrogen-bond donors (Lipinski definition) is 2. The molecule has 0 amide bonds. The first kappa shape index (κ1) is 26.4. The topological polar surface area (TPSA) is 106 Å². The predicted molar refractivity (Wildman–Crippen MR) is 127 cm³/mol. The number of nitrogens with zero attached hydrogens (tertiary/aromatic N) is 7. The average Bonchev–Trinajstić information content (AvgIpc) is 3.56. The van der Waals surface area contributed by atoms with Crippen LogP contribution in [0.25, 0.3) is 16.4 Å². The quantitative estimate of drug-likeness (QED) is 0.330. The number of anilines is 3. The van der Waals surface area contributed by atoms with E-state index < -0.39 is 35.8 Å². The molecule has 0 unspecified atom stereocenters. The Labute approximate surface area is 214 Å². The van der Waals surface area contributed by atoms with Gasteiger partial charge in [-0.1, -0.05) is 0 Å². The molecule has 3 aromatic heterocycles. The zero-order valence-electron chi connectivity index (χ0n) is 19.0. The minimum absolute atomic E-state index is 0. The van der Waals surface area contributed by atoms with Crippen molar-refractivity contribution in [3.8, 4) is 11.5 Å². The van der Waals surface area contributed by atoms with Crippen LogP contribution in [0.2, 0.25) is 0 Å². The largest absolute Gasteiger partial charge is 0.434 e. The monoisotopic (exact) mass is 537 g/mol. The van der Waals surface area contributed by atoms with E-state index in [0.717, 1.165) is 6.20 Å². The fourth-order valence-electron chi connectivity index (χ4n) is 3.91. The Morgan fingerprint density at radius 1 is 1.03 bits per heavy atom. The molecular weight excluding hydrogens is 517 g/mol. The van der Waals surface area contributed by atoms with Crippen LogP contribution in [0.4, 0.5) is 39.5 Å². The van der Waals surface area contributed by atoms with Crippen LogP contribution < -0.4 is 10.6 Å². The second-order valence-electron chi connectivity index (χ2n) is 8.73. The highest BCUT2D eigenvalue weighted by Crippen LogP contribution is 2.49. The van der Waals surface area contributed by atoms with Gasteiger partial charge in [0.2, 0.25) is 17.8 Å². The van der Waals surface area contributed by atoms with Gasteiger partial charge in [0, 0.05) is 43.6 Å². The number of pyridine rings is 1. The normalized spacial score (nSPS) is 19.4. The summed E-state index contributed by atoms with van der Waals surface area (Å²) in [6.07, 6.45) is -0.735. The molecule has 2 aliphatic rings. The Balaban J connectivity index is 0.00000320. The van der Waals surface area contributed by atoms with Crippen LogP contribution in [0.5, 0.6) is 0 Å². The molecular formula is C22H20F5N9S. The van der Waals surface area contributed by atoms with Crippen LogP contribution in [-0.2, 0) is 11.7 Å². The summed E-state index contributed by atoms with van der Waals surface area (Å²) in [6.45, 7) is 7.42. The lowest BCUT2D eigenvalue weighted by Crippen LogP contribution is -2.21. The van der Waals surface area contributed by atoms with Gasteiger partial charge in [-0.05, 0) is 18.6 Å². The van der Waals surface area contributed by atoms with E-state index in [0.29, 0.717) is 30.4 Å². The molecule has 37 heavy (non-hydrogen) atoms. The highest BCUT2D eigenvalue weighted by molar-refractivity contribution is 7.59. The maximum Gasteiger partial charge on any atom is 0.434 e. The molecule has 0 radical (unpaired) electrons. The van der Waals surface area contributed by atoms with E-state index in [9.17, 15) is 22.0 Å². The summed E-state index contributed by atoms with van der Waals surface area (Å²) in [5.74, 6) is -3.21. The molecule has 0 aromatic carbocycles. The molecule has 0 spiro atoms. The first-order valence-corrected chi connectivity index (χ1v) is 11.0. The third kappa shape index (κ3) is 5.85. The standard InChI is InChI=1S/C22H18F5N9.H2S/c1-28-20(5-6-20)15-8-12(3-7-30-15)31-18-34-17(14-10-29-11-16(33-14)22(25,26)27)35-19(36-18)32-13-2-4-21(23,24)9-13;/h3,7-8,10-11,13H,2,4-6,9H2,(H2,30,31,32,34,35,36);1H2/t13-;/m0./s1. The fourth-order valence-corrected chi connectivity index (χ4v) is 3.91. The Kier molecular flexibility index (Phi) is 6.89. The van der Waals surface area contributed by atoms with E-state index in [4.69, 9.17) is 6.57 Å². The molecule has 2 fully saturated rings. The second kappa shape index (κ2) is 9.66. The van der Waals surface area contributed by atoms with Crippen molar-refractivity contribution in [3.63, 3.8) is 0 Å². The maximum atomic E-state index is 13.7. The first-order valence-electron chi connectivity index (χ1n) is 11.0. The van der Waals surface area contributed by atoms with Gasteiger partial charge >= 0.3 is 6.18 Å². The van der Waals surface area contributed by atoms with Gasteiger partial charge in [0.25, 0.3) is 5.54 Å². The minimum Gasteiger partial charge on any atom is -0.351 e. The van der Waals surface area contributed by atoms with Crippen molar-refractivity contribution in [1.82, 2.24) is 29.9 Å². The van der Waals surface area contributed by atoms with Crippen LogP contribution in [0.3, 0.4) is 0 Å². The molecule has 194 valence electrons. The van der Waals surface area contributed by atoms with Crippen molar-refractivity contribution in [3.05, 3.63) is 53.5 Å². The summed E-state index contributed by atoms with van der Waals surface area (Å²) < 4.78 is 66.8. The van der Waals surface area contributed by atoms with E-state index >= 15 is 0 Å². The summed E-state index contributed by atoms with van der Waals surface area (Å²) in [5, 5.41) is 5.77. The molecule has 3 aromatic rings. The summed E-state index contributed by atoms with van der Waals surface area (Å²) in [7, 11) is 0. The lowest BCUT2D eigenvalue weighted by Gasteiger charge is -2.15. The number of aromatic nitrogens is 6. The number of rotatable bonds is 6. The lowest BCUT2D eigenvalue weighted by molar-refractivity contribution is -0.141. The van der Waals surface area contributed by atoms with Crippen molar-refractivity contribution < 1.29 is 22.0 Å². The molecule has 3 heterocycles. The average molecular weight is 538 g/mol. The minimum atomic E-state index is -4.73. The number of nitrogens with one attached hydrogen (secondary N) is 2. The Morgan fingerprint density at radius 2 is 1.78 bits per heavy atom. The summed E-state index contributed by atoms with van der Waals surface area (Å²) in [5.41, 5.74) is -1.09. The third-order valence-corrected chi connectivity index (χ3v) is 5.96. The number of halogens is 5. The van der Waals surface area contributed by atoms with Crippen molar-refractivity contribution in [1.29, 1.82) is 0 Å². The first-order chi connectivity index (χ1) is 17.1. The number of hydrogen-bond acceptors (Lipinski definition) is 8. The van der Waals surface area contributed by atoms with Crippen molar-refractivity contribution >= 4 is 31.1 Å². The van der Waals surface area contributed by atoms with Crippen molar-refractivity contribution in [2.45, 2.75) is 55.8 Å². The van der Waals surface area contributed by atoms with Crippen LogP contribution in [-0.4, -0.2) is 41.9 Å². The molecule has 0 aliphatic heterocycles. The lowest BCUT2D eigenvalue weighted by atomic mass is 10.1. The smallest absolute Gasteiger partial charge is 0.351 e. The Morgan fingerprint density at radius 3 is 2.43 bits per heavy atom. The number of alkyl halides is 5. The van der Waals surface area contributed by atoms with E-state index in [1.807, 2.05) is 0 Å². The van der Waals surface area contributed by atoms with Crippen molar-refractivity contribution in [2.24, 2.45) is 0 Å². The van der Waals surface area contributed by atoms with Gasteiger partial charge in [-0.15, -0.1) is 0 Å². The molecule has 5 rings (SSSR count). The molecule has 15 heteroatoms. The van der Waals surface area contributed by atoms with E-state index in [-0.39, 0.29) is 49.8 Å². The van der Waals surface area contributed by atoms with Gasteiger partial charge in [0.15, 0.2) is 11.5 Å². The van der Waals surface area contributed by atoms with Crippen molar-refractivity contribution in [2.75, 3.05) is 10.6 Å². The zero-order chi connectivity index (χ0) is 25.6. The predicted octanol–water partition coefficient (Wildman–Crippen LogP) is 5.11. The summed E-state index contributed by atoms with van der Waals surface area (Å²) in [6, 6.07) is 2.65. The Bertz CT molecular complexity index is 1340. The van der Waals surface area contributed by atoms with Gasteiger partial charge in [-0.25, -0.2) is 20.3 Å². The highest BCUT2D eigenvalue weighted by atomic mass is 32.1. The molecule has 2 N–H and O–H groups in total. The van der Waals surface area contributed by atoms with Crippen LogP contribution in [0.15, 0.2) is 30.7 Å². The third-order valence-electron chi connectivity index (χ3n) is 5.96. The summed E-state index contributed by atoms with van der Waals surface area (Å²) in [4.78, 5) is 27.6. The van der Waals surface area contributed by atoms with Gasteiger partial charge in [-0.2, -0.15) is 41.6 Å². The van der Waals surface area contributed by atoms with E-state index in [1.54, 1.807) is 12.1 Å². The molecule has 0 saturated heterocycles. The molecule has 1 atom stereocenters. The van der Waals surface area contributed by atoms with Gasteiger partial charge in [0.05, 0.1) is 12.4 Å². The van der Waals surface area contributed by atoms with Crippen LogP contribution in [0.1, 0.15) is 43.5 Å². The van der Waals surface area contributed by atoms with Gasteiger partial charge < -0.3 is 15.5 Å². The van der Waals surface area contributed by atoms with E-state index in [1.165, 1.54) is 6.20 Å². The SMILES string of the molecule is S.[C-]#[N+]C1(c2cc(Nc3nc(N[C@H]4CCC(F)(F)C4)nc(-c4cncc(C(F)(F)F)n4)n3)ccn2)CC1.